The summed E-state index contributed by atoms with van der Waals surface area (Å²) in [7, 11) is -4.42. The lowest BCUT2D eigenvalue weighted by Gasteiger charge is -2.15. The van der Waals surface area contributed by atoms with Crippen LogP contribution in [0.15, 0.2) is 48.6 Å². The van der Waals surface area contributed by atoms with Gasteiger partial charge in [-0.25, -0.2) is 4.57 Å². The minimum absolute atomic E-state index is 0.0753. The Bertz CT molecular complexity index is 1060. The van der Waals surface area contributed by atoms with Gasteiger partial charge in [-0.05, 0) is 77.0 Å². The number of esters is 1. The number of aliphatic hydroxyl groups is 1. The Hall–Kier alpha value is -2.03. The average molecular weight is 810 g/mol. The maximum atomic E-state index is 12.1. The van der Waals surface area contributed by atoms with Crippen molar-refractivity contribution in [1.82, 2.24) is 5.32 Å². The summed E-state index contributed by atoms with van der Waals surface area (Å²) in [5.41, 5.74) is 0. The molecule has 0 saturated carbocycles. The number of hydrogen-bond donors (Lipinski definition) is 3. The van der Waals surface area contributed by atoms with E-state index in [2.05, 4.69) is 67.8 Å². The Labute approximate surface area is 343 Å². The summed E-state index contributed by atoms with van der Waals surface area (Å²) in [4.78, 5) is 33.9. The van der Waals surface area contributed by atoms with E-state index in [-0.39, 0.29) is 32.1 Å². The van der Waals surface area contributed by atoms with Gasteiger partial charge in [0.25, 0.3) is 0 Å². The predicted octanol–water partition coefficient (Wildman–Crippen LogP) is 12.7. The van der Waals surface area contributed by atoms with Crippen molar-refractivity contribution in [3.63, 3.8) is 0 Å². The molecule has 10 heteroatoms. The van der Waals surface area contributed by atoms with Crippen LogP contribution in [0, 0.1) is 0 Å². The molecule has 0 radical (unpaired) electrons. The van der Waals surface area contributed by atoms with E-state index in [0.717, 1.165) is 70.6 Å². The van der Waals surface area contributed by atoms with Crippen molar-refractivity contribution >= 4 is 19.7 Å². The van der Waals surface area contributed by atoms with Gasteiger partial charge < -0.3 is 20.1 Å². The van der Waals surface area contributed by atoms with Gasteiger partial charge in [-0.3, -0.25) is 18.6 Å². The standard InChI is InChI=1S/C46H84NO8P/c1-3-5-7-9-11-13-15-17-19-21-23-24-26-28-30-32-34-36-38-45(49)47-40-41-54-56(51,52)55-43-44(48)42-53-46(50)39-37-35-33-31-29-27-25-22-20-18-16-14-12-10-8-6-4-2/h12-15,18-21,44,48H,3-11,16-17,22-43H2,1-2H3,(H,47,49)(H,51,52)/b14-12-,15-13-,20-18-,21-19-. The molecule has 3 N–H and O–H groups in total. The molecule has 2 atom stereocenters. The zero-order valence-electron chi connectivity index (χ0n) is 35.8. The van der Waals surface area contributed by atoms with Crippen LogP contribution in [0.4, 0.5) is 0 Å². The lowest BCUT2D eigenvalue weighted by atomic mass is 10.1. The fourth-order valence-electron chi connectivity index (χ4n) is 6.03. The second-order valence-electron chi connectivity index (χ2n) is 15.0. The number of ether oxygens (including phenoxy) is 1. The van der Waals surface area contributed by atoms with E-state index in [9.17, 15) is 24.2 Å². The summed E-state index contributed by atoms with van der Waals surface area (Å²) in [5.74, 6) is -0.532. The second-order valence-corrected chi connectivity index (χ2v) is 16.5. The number of nitrogens with one attached hydrogen (secondary N) is 1. The summed E-state index contributed by atoms with van der Waals surface area (Å²) in [5, 5.41) is 12.7. The molecule has 0 aromatic heterocycles. The number of rotatable bonds is 42. The fourth-order valence-corrected chi connectivity index (χ4v) is 6.79. The Morgan fingerprint density at radius 1 is 0.554 bits per heavy atom. The van der Waals surface area contributed by atoms with E-state index in [1.807, 2.05) is 0 Å². The third-order valence-electron chi connectivity index (χ3n) is 9.48. The number of phosphoric acid groups is 1. The maximum Gasteiger partial charge on any atom is 0.472 e. The molecule has 9 nitrogen and oxygen atoms in total. The van der Waals surface area contributed by atoms with Gasteiger partial charge in [-0.15, -0.1) is 0 Å². The van der Waals surface area contributed by atoms with Gasteiger partial charge in [0, 0.05) is 19.4 Å². The highest BCUT2D eigenvalue weighted by Gasteiger charge is 2.23. The molecule has 0 rings (SSSR count). The number of unbranched alkanes of at least 4 members (excludes halogenated alkanes) is 21. The van der Waals surface area contributed by atoms with Crippen LogP contribution in [0.25, 0.3) is 0 Å². The van der Waals surface area contributed by atoms with Crippen LogP contribution in [0.2, 0.25) is 0 Å². The number of carbonyl (C=O) groups is 2. The first-order chi connectivity index (χ1) is 27.3. The minimum Gasteiger partial charge on any atom is -0.463 e. The van der Waals surface area contributed by atoms with Crippen molar-refractivity contribution in [3.05, 3.63) is 48.6 Å². The van der Waals surface area contributed by atoms with E-state index < -0.39 is 26.5 Å². The highest BCUT2D eigenvalue weighted by atomic mass is 31.2. The molecule has 0 aliphatic rings. The Kier molecular flexibility index (Phi) is 41.0. The van der Waals surface area contributed by atoms with Gasteiger partial charge in [0.1, 0.15) is 12.7 Å². The highest BCUT2D eigenvalue weighted by molar-refractivity contribution is 7.47. The van der Waals surface area contributed by atoms with E-state index in [1.54, 1.807) is 0 Å². The molecule has 1 amide bonds. The van der Waals surface area contributed by atoms with Gasteiger partial charge in [-0.2, -0.15) is 0 Å². The molecule has 0 spiro atoms. The minimum atomic E-state index is -4.42. The topological polar surface area (TPSA) is 131 Å². The average Bonchev–Trinajstić information content (AvgIpc) is 3.18. The van der Waals surface area contributed by atoms with E-state index in [1.165, 1.54) is 103 Å². The second kappa shape index (κ2) is 42.6. The number of hydrogen-bond acceptors (Lipinski definition) is 7. The summed E-state index contributed by atoms with van der Waals surface area (Å²) in [6.07, 6.45) is 48.9. The fraction of sp³-hybridized carbons (Fsp3) is 0.783. The van der Waals surface area contributed by atoms with Crippen LogP contribution in [0.5, 0.6) is 0 Å². The lowest BCUT2D eigenvalue weighted by Crippen LogP contribution is -2.27. The zero-order chi connectivity index (χ0) is 41.1. The molecule has 0 aromatic carbocycles. The number of phosphoric ester groups is 1. The number of carbonyl (C=O) groups excluding carboxylic acids is 2. The van der Waals surface area contributed by atoms with Crippen molar-refractivity contribution < 1.29 is 37.9 Å². The molecule has 2 unspecified atom stereocenters. The van der Waals surface area contributed by atoms with Crippen molar-refractivity contribution in [3.8, 4) is 0 Å². The van der Waals surface area contributed by atoms with E-state index >= 15 is 0 Å². The van der Waals surface area contributed by atoms with Gasteiger partial charge in [-0.1, -0.05) is 159 Å². The van der Waals surface area contributed by atoms with E-state index in [4.69, 9.17) is 13.8 Å². The molecular formula is C46H84NO8P. The number of amides is 1. The van der Waals surface area contributed by atoms with Crippen LogP contribution >= 0.6 is 7.82 Å². The summed E-state index contributed by atoms with van der Waals surface area (Å²) in [6.45, 7) is 3.50. The SMILES string of the molecule is CCCCC/C=C\C/C=C\CCCCCCCCCC(=O)OCC(O)COP(=O)(O)OCCNC(=O)CCCCCCCCC/C=C\C/C=C\CCCCCC. The first-order valence-corrected chi connectivity index (χ1v) is 24.1. The van der Waals surface area contributed by atoms with Gasteiger partial charge >= 0.3 is 13.8 Å². The van der Waals surface area contributed by atoms with Crippen molar-refractivity contribution in [2.45, 2.75) is 206 Å². The van der Waals surface area contributed by atoms with Gasteiger partial charge in [0.15, 0.2) is 0 Å². The summed E-state index contributed by atoms with van der Waals surface area (Å²) < 4.78 is 26.9. The lowest BCUT2D eigenvalue weighted by molar-refractivity contribution is -0.147. The van der Waals surface area contributed by atoms with Crippen LogP contribution in [0.1, 0.15) is 200 Å². The zero-order valence-corrected chi connectivity index (χ0v) is 36.7. The molecule has 0 aromatic rings. The summed E-state index contributed by atoms with van der Waals surface area (Å²) >= 11 is 0. The molecule has 56 heavy (non-hydrogen) atoms. The van der Waals surface area contributed by atoms with Crippen LogP contribution in [0.3, 0.4) is 0 Å². The highest BCUT2D eigenvalue weighted by Crippen LogP contribution is 2.42. The first-order valence-electron chi connectivity index (χ1n) is 22.6. The Morgan fingerprint density at radius 2 is 0.964 bits per heavy atom. The first kappa shape index (κ1) is 54.0. The largest absolute Gasteiger partial charge is 0.472 e. The van der Waals surface area contributed by atoms with Crippen molar-refractivity contribution in [1.29, 1.82) is 0 Å². The third-order valence-corrected chi connectivity index (χ3v) is 10.5. The molecule has 0 saturated heterocycles. The number of aliphatic hydroxyl groups excluding tert-OH is 1. The van der Waals surface area contributed by atoms with E-state index in [0.29, 0.717) is 6.42 Å². The summed E-state index contributed by atoms with van der Waals surface area (Å²) in [6, 6.07) is 0. The van der Waals surface area contributed by atoms with Crippen LogP contribution < -0.4 is 5.32 Å². The van der Waals surface area contributed by atoms with Crippen LogP contribution in [-0.2, 0) is 27.9 Å². The molecule has 0 aliphatic carbocycles. The molecule has 0 aliphatic heterocycles. The van der Waals surface area contributed by atoms with Crippen molar-refractivity contribution in [2.24, 2.45) is 0 Å². The van der Waals surface area contributed by atoms with Crippen LogP contribution in [-0.4, -0.2) is 54.3 Å². The predicted molar refractivity (Wildman–Crippen MR) is 234 cm³/mol. The third kappa shape index (κ3) is 43.1. The van der Waals surface area contributed by atoms with Gasteiger partial charge in [0.2, 0.25) is 5.91 Å². The molecular weight excluding hydrogens is 725 g/mol. The number of allylic oxidation sites excluding steroid dienone is 8. The Balaban J connectivity index is 3.62. The monoisotopic (exact) mass is 810 g/mol. The quantitative estimate of drug-likeness (QED) is 0.0240. The Morgan fingerprint density at radius 3 is 1.46 bits per heavy atom. The molecule has 0 heterocycles. The van der Waals surface area contributed by atoms with Crippen molar-refractivity contribution in [2.75, 3.05) is 26.4 Å². The molecule has 326 valence electrons. The normalized spacial score (nSPS) is 13.7. The smallest absolute Gasteiger partial charge is 0.463 e. The van der Waals surface area contributed by atoms with Gasteiger partial charge in [0.05, 0.1) is 13.2 Å². The molecule has 0 bridgehead atoms. The molecule has 0 fully saturated rings. The maximum absolute atomic E-state index is 12.1.